The number of benzene rings is 2. The highest BCUT2D eigenvalue weighted by molar-refractivity contribution is 5.91. The summed E-state index contributed by atoms with van der Waals surface area (Å²) in [5.74, 6) is 0.404. The van der Waals surface area contributed by atoms with Gasteiger partial charge in [-0.3, -0.25) is 10.0 Å². The molecule has 1 amide bonds. The fourth-order valence-corrected chi connectivity index (χ4v) is 3.86. The number of nitrogens with zero attached hydrogens (tertiary/aromatic N) is 3. The van der Waals surface area contributed by atoms with Crippen molar-refractivity contribution in [1.82, 2.24) is 19.9 Å². The molecule has 0 radical (unpaired) electrons. The Morgan fingerprint density at radius 1 is 1.18 bits per heavy atom. The average Bonchev–Trinajstić information content (AvgIpc) is 3.12. The predicted molar refractivity (Wildman–Crippen MR) is 110 cm³/mol. The Hall–Kier alpha value is -2.96. The van der Waals surface area contributed by atoms with E-state index < -0.39 is 5.91 Å². The smallest absolute Gasteiger partial charge is 0.267 e. The van der Waals surface area contributed by atoms with E-state index in [1.54, 1.807) is 11.6 Å². The normalized spacial score (nSPS) is 16.1. The molecule has 1 aliphatic heterocycles. The Balaban J connectivity index is 1.77. The third-order valence-electron chi connectivity index (χ3n) is 5.33. The van der Waals surface area contributed by atoms with E-state index in [1.165, 1.54) is 6.08 Å². The summed E-state index contributed by atoms with van der Waals surface area (Å²) >= 11 is 0. The van der Waals surface area contributed by atoms with Crippen molar-refractivity contribution in [3.8, 4) is 11.4 Å². The number of imidazole rings is 1. The molecule has 1 saturated heterocycles. The minimum Gasteiger partial charge on any atom is -0.321 e. The SMILES string of the molecule is CN1CCC(n2c(-c3cccc(C=CC(=O)NO)c3)nc3ccccc32)CC1. The molecule has 28 heavy (non-hydrogen) atoms. The molecule has 4 rings (SSSR count). The topological polar surface area (TPSA) is 70.4 Å². The molecule has 2 aromatic carbocycles. The maximum absolute atomic E-state index is 11.3. The molecule has 6 nitrogen and oxygen atoms in total. The van der Waals surface area contributed by atoms with Gasteiger partial charge in [0.2, 0.25) is 0 Å². The van der Waals surface area contributed by atoms with E-state index in [0.717, 1.165) is 53.9 Å². The van der Waals surface area contributed by atoms with E-state index in [2.05, 4.69) is 40.8 Å². The van der Waals surface area contributed by atoms with Crippen molar-refractivity contribution in [3.05, 3.63) is 60.2 Å². The number of carbonyl (C=O) groups excluding carboxylic acids is 1. The summed E-state index contributed by atoms with van der Waals surface area (Å²) in [5, 5.41) is 8.66. The van der Waals surface area contributed by atoms with Crippen LogP contribution in [0.5, 0.6) is 0 Å². The zero-order valence-corrected chi connectivity index (χ0v) is 15.9. The Kier molecular flexibility index (Phi) is 5.23. The van der Waals surface area contributed by atoms with Gasteiger partial charge >= 0.3 is 0 Å². The largest absolute Gasteiger partial charge is 0.321 e. The van der Waals surface area contributed by atoms with Gasteiger partial charge in [-0.15, -0.1) is 0 Å². The van der Waals surface area contributed by atoms with Crippen LogP contribution in [0.2, 0.25) is 0 Å². The molecule has 3 aromatic rings. The lowest BCUT2D eigenvalue weighted by Gasteiger charge is -2.31. The highest BCUT2D eigenvalue weighted by Crippen LogP contribution is 2.33. The van der Waals surface area contributed by atoms with Gasteiger partial charge in [0.25, 0.3) is 5.91 Å². The van der Waals surface area contributed by atoms with Crippen LogP contribution in [0.25, 0.3) is 28.5 Å². The van der Waals surface area contributed by atoms with Crippen LogP contribution in [0.4, 0.5) is 0 Å². The molecular formula is C22H24N4O2. The highest BCUT2D eigenvalue weighted by atomic mass is 16.5. The lowest BCUT2D eigenvalue weighted by Crippen LogP contribution is -2.31. The van der Waals surface area contributed by atoms with E-state index in [4.69, 9.17) is 10.2 Å². The van der Waals surface area contributed by atoms with Crippen LogP contribution in [-0.2, 0) is 4.79 Å². The highest BCUT2D eigenvalue weighted by Gasteiger charge is 2.23. The van der Waals surface area contributed by atoms with Gasteiger partial charge in [0.15, 0.2) is 0 Å². The van der Waals surface area contributed by atoms with Crippen molar-refractivity contribution in [2.24, 2.45) is 0 Å². The first-order valence-electron chi connectivity index (χ1n) is 9.54. The second-order valence-electron chi connectivity index (χ2n) is 7.26. The van der Waals surface area contributed by atoms with Gasteiger partial charge in [-0.2, -0.15) is 0 Å². The van der Waals surface area contributed by atoms with Crippen molar-refractivity contribution < 1.29 is 10.0 Å². The summed E-state index contributed by atoms with van der Waals surface area (Å²) in [6.45, 7) is 2.16. The van der Waals surface area contributed by atoms with Gasteiger partial charge in [0.05, 0.1) is 11.0 Å². The molecule has 0 saturated carbocycles. The second-order valence-corrected chi connectivity index (χ2v) is 7.26. The van der Waals surface area contributed by atoms with Crippen molar-refractivity contribution in [1.29, 1.82) is 0 Å². The molecule has 0 atom stereocenters. The monoisotopic (exact) mass is 376 g/mol. The number of hydroxylamine groups is 1. The summed E-state index contributed by atoms with van der Waals surface area (Å²) < 4.78 is 2.38. The third-order valence-corrected chi connectivity index (χ3v) is 5.33. The minimum absolute atomic E-state index is 0.415. The summed E-state index contributed by atoms with van der Waals surface area (Å²) in [7, 11) is 2.17. The van der Waals surface area contributed by atoms with Crippen LogP contribution < -0.4 is 5.48 Å². The van der Waals surface area contributed by atoms with Crippen molar-refractivity contribution in [2.75, 3.05) is 20.1 Å². The molecule has 0 aliphatic carbocycles. The van der Waals surface area contributed by atoms with E-state index >= 15 is 0 Å². The number of piperidine rings is 1. The molecule has 144 valence electrons. The summed E-state index contributed by atoms with van der Waals surface area (Å²) in [6, 6.07) is 16.6. The number of fused-ring (bicyclic) bond motifs is 1. The molecule has 1 aliphatic rings. The number of hydrogen-bond donors (Lipinski definition) is 2. The van der Waals surface area contributed by atoms with Gasteiger partial charge in [-0.05, 0) is 62.8 Å². The minimum atomic E-state index is -0.552. The Morgan fingerprint density at radius 3 is 2.75 bits per heavy atom. The first-order chi connectivity index (χ1) is 13.7. The van der Waals surface area contributed by atoms with E-state index in [-0.39, 0.29) is 0 Å². The van der Waals surface area contributed by atoms with Crippen LogP contribution in [0, 0.1) is 0 Å². The standard InChI is InChI=1S/C22H24N4O2/c1-25-13-11-18(12-14-25)26-20-8-3-2-7-19(20)23-22(26)17-6-4-5-16(15-17)9-10-21(27)24-28/h2-10,15,18,28H,11-14H2,1H3,(H,24,27). The van der Waals surface area contributed by atoms with Gasteiger partial charge in [-0.1, -0.05) is 30.3 Å². The third kappa shape index (κ3) is 3.69. The molecule has 0 spiro atoms. The Labute approximate surface area is 164 Å². The maximum atomic E-state index is 11.3. The molecule has 0 bridgehead atoms. The number of likely N-dealkylation sites (tertiary alicyclic amines) is 1. The molecule has 0 unspecified atom stereocenters. The van der Waals surface area contributed by atoms with Gasteiger partial charge in [-0.25, -0.2) is 10.5 Å². The van der Waals surface area contributed by atoms with Gasteiger partial charge in [0.1, 0.15) is 5.82 Å². The number of nitrogens with one attached hydrogen (secondary N) is 1. The molecule has 1 aromatic heterocycles. The van der Waals surface area contributed by atoms with Crippen LogP contribution >= 0.6 is 0 Å². The first kappa shape index (κ1) is 18.4. The number of hydrogen-bond acceptors (Lipinski definition) is 4. The summed E-state index contributed by atoms with van der Waals surface area (Å²) in [5.41, 5.74) is 5.66. The average molecular weight is 376 g/mol. The Bertz CT molecular complexity index is 1020. The number of aromatic nitrogens is 2. The Morgan fingerprint density at radius 2 is 1.96 bits per heavy atom. The lowest BCUT2D eigenvalue weighted by molar-refractivity contribution is -0.124. The molecule has 2 N–H and O–H groups in total. The fourth-order valence-electron chi connectivity index (χ4n) is 3.86. The fraction of sp³-hybridized carbons (Fsp3) is 0.273. The number of carbonyl (C=O) groups is 1. The van der Waals surface area contributed by atoms with Crippen LogP contribution in [0.1, 0.15) is 24.4 Å². The lowest BCUT2D eigenvalue weighted by atomic mass is 10.0. The number of rotatable bonds is 4. The zero-order chi connectivity index (χ0) is 19.5. The van der Waals surface area contributed by atoms with E-state index in [0.29, 0.717) is 6.04 Å². The first-order valence-corrected chi connectivity index (χ1v) is 9.54. The van der Waals surface area contributed by atoms with Crippen LogP contribution in [-0.4, -0.2) is 45.7 Å². The zero-order valence-electron chi connectivity index (χ0n) is 15.9. The second kappa shape index (κ2) is 7.96. The van der Waals surface area contributed by atoms with Crippen LogP contribution in [0.15, 0.2) is 54.6 Å². The molecular weight excluding hydrogens is 352 g/mol. The van der Waals surface area contributed by atoms with Crippen LogP contribution in [0.3, 0.4) is 0 Å². The van der Waals surface area contributed by atoms with E-state index in [1.807, 2.05) is 24.3 Å². The van der Waals surface area contributed by atoms with Crippen molar-refractivity contribution in [2.45, 2.75) is 18.9 Å². The summed E-state index contributed by atoms with van der Waals surface area (Å²) in [4.78, 5) is 18.6. The number of amides is 1. The summed E-state index contributed by atoms with van der Waals surface area (Å²) in [6.07, 6.45) is 5.18. The van der Waals surface area contributed by atoms with Gasteiger partial charge in [0, 0.05) is 17.7 Å². The quantitative estimate of drug-likeness (QED) is 0.415. The molecule has 6 heteroatoms. The van der Waals surface area contributed by atoms with E-state index in [9.17, 15) is 4.79 Å². The number of para-hydroxylation sites is 2. The maximum Gasteiger partial charge on any atom is 0.267 e. The molecule has 2 heterocycles. The van der Waals surface area contributed by atoms with Gasteiger partial charge < -0.3 is 9.47 Å². The van der Waals surface area contributed by atoms with Crippen molar-refractivity contribution >= 4 is 23.0 Å². The molecule has 1 fully saturated rings. The van der Waals surface area contributed by atoms with Crippen molar-refractivity contribution in [3.63, 3.8) is 0 Å². The predicted octanol–water partition coefficient (Wildman–Crippen LogP) is 3.49.